The summed E-state index contributed by atoms with van der Waals surface area (Å²) in [6.45, 7) is 0. The van der Waals surface area contributed by atoms with Crippen LogP contribution in [0, 0.1) is 11.8 Å². The van der Waals surface area contributed by atoms with Crippen LogP contribution in [-0.4, -0.2) is 24.9 Å². The lowest BCUT2D eigenvalue weighted by molar-refractivity contribution is -0.135. The largest absolute Gasteiger partial charge is 0.480 e. The fourth-order valence-corrected chi connectivity index (χ4v) is 1.93. The number of esters is 1. The summed E-state index contributed by atoms with van der Waals surface area (Å²) in [7, 11) is 1.49. The zero-order chi connectivity index (χ0) is 14.8. The molecule has 2 saturated carbocycles. The Morgan fingerprint density at radius 2 is 1.67 bits per heavy atom. The van der Waals surface area contributed by atoms with E-state index in [1.807, 2.05) is 0 Å². The molecule has 110 valence electrons. The Balaban J connectivity index is 1.69. The summed E-state index contributed by atoms with van der Waals surface area (Å²) in [5, 5.41) is 0. The highest BCUT2D eigenvalue weighted by molar-refractivity contribution is 6.02. The van der Waals surface area contributed by atoms with E-state index in [9.17, 15) is 9.59 Å². The van der Waals surface area contributed by atoms with Gasteiger partial charge in [0.2, 0.25) is 5.90 Å². The van der Waals surface area contributed by atoms with Crippen LogP contribution in [0.5, 0.6) is 5.75 Å². The van der Waals surface area contributed by atoms with Gasteiger partial charge >= 0.3 is 5.97 Å². The molecular weight excluding hydrogens is 270 g/mol. The van der Waals surface area contributed by atoms with Crippen molar-refractivity contribution in [3.05, 3.63) is 29.8 Å². The molecular formula is C16H17NO4. The lowest BCUT2D eigenvalue weighted by atomic mass is 10.2. The number of methoxy groups -OCH3 is 1. The minimum absolute atomic E-state index is 0.0638. The Morgan fingerprint density at radius 1 is 1.05 bits per heavy atom. The lowest BCUT2D eigenvalue weighted by Crippen LogP contribution is -2.11. The van der Waals surface area contributed by atoms with Crippen LogP contribution < -0.4 is 4.74 Å². The predicted octanol–water partition coefficient (Wildman–Crippen LogP) is 2.33. The Hall–Kier alpha value is -2.17. The number of hydrogen-bond acceptors (Lipinski definition) is 4. The van der Waals surface area contributed by atoms with Crippen molar-refractivity contribution >= 4 is 17.8 Å². The smallest absolute Gasteiger partial charge is 0.314 e. The molecule has 0 radical (unpaired) electrons. The summed E-state index contributed by atoms with van der Waals surface area (Å²) < 4.78 is 10.4. The molecule has 0 aliphatic heterocycles. The molecule has 1 amide bonds. The van der Waals surface area contributed by atoms with Gasteiger partial charge in [-0.3, -0.25) is 9.59 Å². The van der Waals surface area contributed by atoms with Crippen molar-refractivity contribution in [2.45, 2.75) is 25.7 Å². The number of hydrogen-bond donors (Lipinski definition) is 0. The van der Waals surface area contributed by atoms with Gasteiger partial charge in [-0.15, -0.1) is 0 Å². The second-order valence-corrected chi connectivity index (χ2v) is 5.45. The van der Waals surface area contributed by atoms with Gasteiger partial charge in [-0.1, -0.05) is 0 Å². The van der Waals surface area contributed by atoms with Gasteiger partial charge in [0.15, 0.2) is 0 Å². The molecule has 0 aromatic heterocycles. The van der Waals surface area contributed by atoms with E-state index in [4.69, 9.17) is 9.47 Å². The van der Waals surface area contributed by atoms with E-state index >= 15 is 0 Å². The number of amides is 1. The van der Waals surface area contributed by atoms with E-state index in [1.165, 1.54) is 7.11 Å². The Labute approximate surface area is 123 Å². The molecule has 2 aliphatic rings. The number of carbonyl (C=O) groups excluding carboxylic acids is 2. The van der Waals surface area contributed by atoms with Crippen molar-refractivity contribution in [1.29, 1.82) is 0 Å². The van der Waals surface area contributed by atoms with Gasteiger partial charge in [-0.05, 0) is 49.9 Å². The maximum Gasteiger partial charge on any atom is 0.314 e. The average Bonchev–Trinajstić information content (AvgIpc) is 3.37. The van der Waals surface area contributed by atoms with Crippen LogP contribution in [0.4, 0.5) is 0 Å². The molecule has 2 fully saturated rings. The molecule has 0 heterocycles. The second-order valence-electron chi connectivity index (χ2n) is 5.45. The molecule has 3 rings (SSSR count). The predicted molar refractivity (Wildman–Crippen MR) is 76.1 cm³/mol. The van der Waals surface area contributed by atoms with Crippen molar-refractivity contribution in [1.82, 2.24) is 0 Å². The maximum absolute atomic E-state index is 11.7. The molecule has 5 heteroatoms. The molecule has 1 aromatic carbocycles. The molecule has 5 nitrogen and oxygen atoms in total. The number of benzene rings is 1. The molecule has 0 atom stereocenters. The SMILES string of the molecule is CO/C(=N\C(=O)C1CC1)c1ccc(OC(=O)C2CC2)cc1. The average molecular weight is 287 g/mol. The van der Waals surface area contributed by atoms with E-state index < -0.39 is 0 Å². The van der Waals surface area contributed by atoms with Crippen LogP contribution >= 0.6 is 0 Å². The Bertz CT molecular complexity index is 583. The fraction of sp³-hybridized carbons (Fsp3) is 0.438. The fourth-order valence-electron chi connectivity index (χ4n) is 1.93. The molecule has 1 aromatic rings. The summed E-state index contributed by atoms with van der Waals surface area (Å²) in [4.78, 5) is 27.3. The van der Waals surface area contributed by atoms with Crippen molar-refractivity contribution in [3.63, 3.8) is 0 Å². The second kappa shape index (κ2) is 5.68. The van der Waals surface area contributed by atoms with Gasteiger partial charge in [0.25, 0.3) is 5.91 Å². The summed E-state index contributed by atoms with van der Waals surface area (Å²) in [6.07, 6.45) is 3.66. The number of carbonyl (C=O) groups is 2. The zero-order valence-corrected chi connectivity index (χ0v) is 11.9. The Kier molecular flexibility index (Phi) is 3.73. The van der Waals surface area contributed by atoms with Crippen LogP contribution in [0.25, 0.3) is 0 Å². The highest BCUT2D eigenvalue weighted by atomic mass is 16.5. The molecule has 2 aliphatic carbocycles. The normalized spacial score (nSPS) is 18.2. The third kappa shape index (κ3) is 3.48. The minimum Gasteiger partial charge on any atom is -0.480 e. The molecule has 0 saturated heterocycles. The quantitative estimate of drug-likeness (QED) is 0.369. The zero-order valence-electron chi connectivity index (χ0n) is 11.9. The van der Waals surface area contributed by atoms with Crippen molar-refractivity contribution < 1.29 is 19.1 Å². The summed E-state index contributed by atoms with van der Waals surface area (Å²) >= 11 is 0. The first-order valence-electron chi connectivity index (χ1n) is 7.16. The van der Waals surface area contributed by atoms with E-state index in [-0.39, 0.29) is 23.7 Å². The van der Waals surface area contributed by atoms with Gasteiger partial charge in [0.1, 0.15) is 5.75 Å². The Morgan fingerprint density at radius 3 is 2.19 bits per heavy atom. The minimum atomic E-state index is -0.174. The molecule has 21 heavy (non-hydrogen) atoms. The first-order chi connectivity index (χ1) is 10.2. The highest BCUT2D eigenvalue weighted by Gasteiger charge is 2.32. The van der Waals surface area contributed by atoms with Gasteiger partial charge < -0.3 is 9.47 Å². The van der Waals surface area contributed by atoms with Gasteiger partial charge in [0.05, 0.1) is 13.0 Å². The molecule has 0 bridgehead atoms. The third-order valence-corrected chi connectivity index (χ3v) is 3.56. The number of ether oxygens (including phenoxy) is 2. The molecule has 0 N–H and O–H groups in total. The molecule has 0 unspecified atom stereocenters. The van der Waals surface area contributed by atoms with E-state index in [2.05, 4.69) is 4.99 Å². The van der Waals surface area contributed by atoms with Crippen LogP contribution in [-0.2, 0) is 14.3 Å². The molecule has 0 spiro atoms. The number of nitrogens with zero attached hydrogens (tertiary/aromatic N) is 1. The van der Waals surface area contributed by atoms with Crippen LogP contribution in [0.15, 0.2) is 29.3 Å². The van der Waals surface area contributed by atoms with Crippen molar-refractivity contribution in [2.75, 3.05) is 7.11 Å². The van der Waals surface area contributed by atoms with Crippen LogP contribution in [0.2, 0.25) is 0 Å². The van der Waals surface area contributed by atoms with Gasteiger partial charge in [-0.25, -0.2) is 0 Å². The monoisotopic (exact) mass is 287 g/mol. The summed E-state index contributed by atoms with van der Waals surface area (Å²) in [6, 6.07) is 6.84. The third-order valence-electron chi connectivity index (χ3n) is 3.56. The summed E-state index contributed by atoms with van der Waals surface area (Å²) in [5.74, 6) is 0.626. The van der Waals surface area contributed by atoms with Gasteiger partial charge in [-0.2, -0.15) is 4.99 Å². The van der Waals surface area contributed by atoms with Crippen molar-refractivity contribution in [2.24, 2.45) is 16.8 Å². The standard InChI is InChI=1S/C16H17NO4/c1-20-15(17-14(18)10-2-3-10)11-6-8-13(9-7-11)21-16(19)12-4-5-12/h6-10,12H,2-5H2,1H3/b17-15-. The van der Waals surface area contributed by atoms with E-state index in [0.717, 1.165) is 25.7 Å². The number of rotatable bonds is 4. The van der Waals surface area contributed by atoms with Crippen molar-refractivity contribution in [3.8, 4) is 5.75 Å². The maximum atomic E-state index is 11.7. The van der Waals surface area contributed by atoms with E-state index in [1.54, 1.807) is 24.3 Å². The first-order valence-corrected chi connectivity index (χ1v) is 7.16. The number of aliphatic imine (C=N–C) groups is 1. The van der Waals surface area contributed by atoms with Crippen LogP contribution in [0.1, 0.15) is 31.2 Å². The summed E-state index contributed by atoms with van der Waals surface area (Å²) in [5.41, 5.74) is 0.692. The lowest BCUT2D eigenvalue weighted by Gasteiger charge is -2.07. The van der Waals surface area contributed by atoms with E-state index in [0.29, 0.717) is 17.2 Å². The highest BCUT2D eigenvalue weighted by Crippen LogP contribution is 2.31. The van der Waals surface area contributed by atoms with Crippen LogP contribution in [0.3, 0.4) is 0 Å². The van der Waals surface area contributed by atoms with Gasteiger partial charge in [0, 0.05) is 11.5 Å². The topological polar surface area (TPSA) is 65.0 Å². The first kappa shape index (κ1) is 13.8.